The van der Waals surface area contributed by atoms with Crippen molar-refractivity contribution in [1.82, 2.24) is 9.55 Å². The van der Waals surface area contributed by atoms with Gasteiger partial charge in [-0.3, -0.25) is 0 Å². The van der Waals surface area contributed by atoms with E-state index in [1.165, 1.54) is 5.56 Å². The maximum Gasteiger partial charge on any atom is 0.161 e. The molecule has 32 heavy (non-hydrogen) atoms. The summed E-state index contributed by atoms with van der Waals surface area (Å²) in [6.45, 7) is 5.62. The third-order valence-electron chi connectivity index (χ3n) is 5.45. The van der Waals surface area contributed by atoms with E-state index < -0.39 is 0 Å². The number of benzene rings is 3. The molecule has 0 N–H and O–H groups in total. The van der Waals surface area contributed by atoms with Gasteiger partial charge in [0.05, 0.1) is 24.8 Å². The van der Waals surface area contributed by atoms with Gasteiger partial charge in [-0.05, 0) is 68.7 Å². The van der Waals surface area contributed by atoms with E-state index in [1.54, 1.807) is 7.11 Å². The average Bonchev–Trinajstić information content (AvgIpc) is 3.18. The molecule has 0 spiro atoms. The molecule has 5 heteroatoms. The molecule has 5 nitrogen and oxygen atoms in total. The number of methoxy groups -OCH3 is 1. The SMILES string of the molecule is COc1ccccc1OCCCCn1c(C(C)Oc2cccc(C)c2)nc2ccccc21. The number of nitrogens with zero attached hydrogens (tertiary/aromatic N) is 2. The largest absolute Gasteiger partial charge is 0.493 e. The van der Waals surface area contributed by atoms with Crippen molar-refractivity contribution in [1.29, 1.82) is 0 Å². The molecular weight excluding hydrogens is 400 g/mol. The number of aromatic nitrogens is 2. The van der Waals surface area contributed by atoms with Gasteiger partial charge in [-0.15, -0.1) is 0 Å². The second kappa shape index (κ2) is 10.2. The average molecular weight is 431 g/mol. The van der Waals surface area contributed by atoms with E-state index in [9.17, 15) is 0 Å². The fourth-order valence-corrected chi connectivity index (χ4v) is 3.88. The third-order valence-corrected chi connectivity index (χ3v) is 5.45. The molecule has 0 saturated carbocycles. The van der Waals surface area contributed by atoms with Crippen molar-refractivity contribution < 1.29 is 14.2 Å². The van der Waals surface area contributed by atoms with Crippen LogP contribution in [0, 0.1) is 6.92 Å². The number of hydrogen-bond donors (Lipinski definition) is 0. The Hall–Kier alpha value is -3.47. The van der Waals surface area contributed by atoms with Gasteiger partial charge in [0.15, 0.2) is 23.4 Å². The Labute approximate surface area is 189 Å². The highest BCUT2D eigenvalue weighted by Crippen LogP contribution is 2.27. The number of imidazole rings is 1. The van der Waals surface area contributed by atoms with Crippen LogP contribution >= 0.6 is 0 Å². The lowest BCUT2D eigenvalue weighted by Crippen LogP contribution is -2.13. The fraction of sp³-hybridized carbons (Fsp3) is 0.296. The maximum atomic E-state index is 6.24. The van der Waals surface area contributed by atoms with Crippen LogP contribution in [0.25, 0.3) is 11.0 Å². The molecule has 0 saturated heterocycles. The quantitative estimate of drug-likeness (QED) is 0.275. The molecule has 0 aliphatic carbocycles. The van der Waals surface area contributed by atoms with E-state index in [0.717, 1.165) is 53.5 Å². The van der Waals surface area contributed by atoms with Crippen LogP contribution in [0.15, 0.2) is 72.8 Å². The van der Waals surface area contributed by atoms with E-state index >= 15 is 0 Å². The van der Waals surface area contributed by atoms with Crippen LogP contribution in [0.2, 0.25) is 0 Å². The van der Waals surface area contributed by atoms with Gasteiger partial charge in [0.1, 0.15) is 5.75 Å². The van der Waals surface area contributed by atoms with Crippen molar-refractivity contribution in [3.8, 4) is 17.2 Å². The Balaban J connectivity index is 1.43. The second-order valence-electron chi connectivity index (χ2n) is 7.89. The van der Waals surface area contributed by atoms with Crippen molar-refractivity contribution in [2.45, 2.75) is 39.3 Å². The number of ether oxygens (including phenoxy) is 3. The normalized spacial score (nSPS) is 12.0. The molecule has 1 unspecified atom stereocenters. The van der Waals surface area contributed by atoms with Crippen LogP contribution in [0.4, 0.5) is 0 Å². The summed E-state index contributed by atoms with van der Waals surface area (Å²) in [5.74, 6) is 3.35. The van der Waals surface area contributed by atoms with E-state index in [2.05, 4.69) is 48.7 Å². The molecule has 1 aromatic heterocycles. The summed E-state index contributed by atoms with van der Waals surface area (Å²) in [7, 11) is 1.66. The standard InChI is InChI=1S/C27H30N2O3/c1-20-11-10-12-22(19-20)32-21(2)27-28-23-13-4-5-14-24(23)29(27)17-8-9-18-31-26-16-7-6-15-25(26)30-3/h4-7,10-16,19,21H,8-9,17-18H2,1-3H3. The number of hydrogen-bond acceptors (Lipinski definition) is 4. The summed E-state index contributed by atoms with van der Waals surface area (Å²) < 4.78 is 19.8. The lowest BCUT2D eigenvalue weighted by molar-refractivity contribution is 0.210. The molecule has 166 valence electrons. The minimum absolute atomic E-state index is 0.158. The van der Waals surface area contributed by atoms with E-state index in [-0.39, 0.29) is 6.10 Å². The zero-order chi connectivity index (χ0) is 22.3. The van der Waals surface area contributed by atoms with Crippen LogP contribution in [-0.2, 0) is 6.54 Å². The first-order valence-electron chi connectivity index (χ1n) is 11.1. The predicted octanol–water partition coefficient (Wildman–Crippen LogP) is 6.35. The smallest absolute Gasteiger partial charge is 0.161 e. The molecule has 0 bridgehead atoms. The predicted molar refractivity (Wildman–Crippen MR) is 128 cm³/mol. The molecule has 0 aliphatic heterocycles. The molecular formula is C27H30N2O3. The van der Waals surface area contributed by atoms with Gasteiger partial charge in [0.25, 0.3) is 0 Å². The minimum Gasteiger partial charge on any atom is -0.493 e. The second-order valence-corrected chi connectivity index (χ2v) is 7.89. The van der Waals surface area contributed by atoms with Crippen LogP contribution in [0.5, 0.6) is 17.2 Å². The molecule has 0 fully saturated rings. The minimum atomic E-state index is -0.158. The molecule has 4 aromatic rings. The Kier molecular flexibility index (Phi) is 6.95. The summed E-state index contributed by atoms with van der Waals surface area (Å²) in [5.41, 5.74) is 3.30. The monoisotopic (exact) mass is 430 g/mol. The molecule has 4 rings (SSSR count). The number of fused-ring (bicyclic) bond motifs is 1. The van der Waals surface area contributed by atoms with Crippen molar-refractivity contribution in [3.63, 3.8) is 0 Å². The van der Waals surface area contributed by atoms with Crippen molar-refractivity contribution in [2.24, 2.45) is 0 Å². The number of para-hydroxylation sites is 4. The van der Waals surface area contributed by atoms with Crippen molar-refractivity contribution >= 4 is 11.0 Å². The Morgan fingerprint density at radius 3 is 2.50 bits per heavy atom. The first-order valence-corrected chi connectivity index (χ1v) is 11.1. The first-order chi connectivity index (χ1) is 15.7. The Morgan fingerprint density at radius 1 is 0.906 bits per heavy atom. The molecule has 1 atom stereocenters. The maximum absolute atomic E-state index is 6.24. The molecule has 3 aromatic carbocycles. The first kappa shape index (κ1) is 21.8. The lowest BCUT2D eigenvalue weighted by Gasteiger charge is -2.17. The zero-order valence-electron chi connectivity index (χ0n) is 19.0. The summed E-state index contributed by atoms with van der Waals surface area (Å²) in [5, 5.41) is 0. The van der Waals surface area contributed by atoms with Gasteiger partial charge < -0.3 is 18.8 Å². The lowest BCUT2D eigenvalue weighted by atomic mass is 10.2. The molecule has 0 amide bonds. The third kappa shape index (κ3) is 5.05. The summed E-state index contributed by atoms with van der Waals surface area (Å²) in [6.07, 6.45) is 1.74. The van der Waals surface area contributed by atoms with E-state index in [1.807, 2.05) is 42.5 Å². The van der Waals surface area contributed by atoms with Gasteiger partial charge in [-0.2, -0.15) is 0 Å². The van der Waals surface area contributed by atoms with Crippen LogP contribution in [0.1, 0.15) is 37.3 Å². The van der Waals surface area contributed by atoms with Crippen LogP contribution < -0.4 is 14.2 Å². The molecule has 0 aliphatic rings. The van der Waals surface area contributed by atoms with Gasteiger partial charge in [0.2, 0.25) is 0 Å². The summed E-state index contributed by atoms with van der Waals surface area (Å²) in [4.78, 5) is 4.89. The Bertz CT molecular complexity index is 1170. The molecule has 0 radical (unpaired) electrons. The molecule has 1 heterocycles. The highest BCUT2D eigenvalue weighted by molar-refractivity contribution is 5.76. The fourth-order valence-electron chi connectivity index (χ4n) is 3.88. The highest BCUT2D eigenvalue weighted by Gasteiger charge is 2.18. The van der Waals surface area contributed by atoms with Crippen LogP contribution in [0.3, 0.4) is 0 Å². The number of rotatable bonds is 10. The van der Waals surface area contributed by atoms with Gasteiger partial charge >= 0.3 is 0 Å². The van der Waals surface area contributed by atoms with Crippen LogP contribution in [-0.4, -0.2) is 23.3 Å². The Morgan fingerprint density at radius 2 is 1.69 bits per heavy atom. The van der Waals surface area contributed by atoms with Crippen molar-refractivity contribution in [3.05, 3.63) is 84.2 Å². The van der Waals surface area contributed by atoms with Gasteiger partial charge in [-0.1, -0.05) is 36.4 Å². The van der Waals surface area contributed by atoms with Gasteiger partial charge in [0, 0.05) is 6.54 Å². The zero-order valence-corrected chi connectivity index (χ0v) is 19.0. The highest BCUT2D eigenvalue weighted by atomic mass is 16.5. The topological polar surface area (TPSA) is 45.5 Å². The summed E-state index contributed by atoms with van der Waals surface area (Å²) in [6, 6.07) is 24.1. The van der Waals surface area contributed by atoms with Gasteiger partial charge in [-0.25, -0.2) is 4.98 Å². The van der Waals surface area contributed by atoms with E-state index in [0.29, 0.717) is 6.61 Å². The number of aryl methyl sites for hydroxylation is 2. The number of unbranched alkanes of at least 4 members (excludes halogenated alkanes) is 1. The summed E-state index contributed by atoms with van der Waals surface area (Å²) >= 11 is 0. The van der Waals surface area contributed by atoms with E-state index in [4.69, 9.17) is 19.2 Å². The van der Waals surface area contributed by atoms with Crippen molar-refractivity contribution in [2.75, 3.05) is 13.7 Å².